The molecule has 0 saturated carbocycles. The summed E-state index contributed by atoms with van der Waals surface area (Å²) in [5, 5.41) is 9.94. The smallest absolute Gasteiger partial charge is 0.227 e. The van der Waals surface area contributed by atoms with Crippen LogP contribution in [0.3, 0.4) is 0 Å². The van der Waals surface area contributed by atoms with Gasteiger partial charge in [0.1, 0.15) is 11.1 Å². The van der Waals surface area contributed by atoms with Gasteiger partial charge in [-0.15, -0.1) is 0 Å². The highest BCUT2D eigenvalue weighted by molar-refractivity contribution is 5.72. The zero-order chi connectivity index (χ0) is 10.2. The molecule has 0 radical (unpaired) electrons. The van der Waals surface area contributed by atoms with Crippen LogP contribution in [0.2, 0.25) is 0 Å². The summed E-state index contributed by atoms with van der Waals surface area (Å²) in [5.74, 6) is 0.390. The van der Waals surface area contributed by atoms with Gasteiger partial charge < -0.3 is 9.52 Å². The Morgan fingerprint density at radius 3 is 2.79 bits per heavy atom. The number of hydrogen-bond donors (Lipinski definition) is 1. The molecule has 74 valence electrons. The number of hydrogen-bond acceptors (Lipinski definition) is 3. The van der Waals surface area contributed by atoms with Gasteiger partial charge in [-0.2, -0.15) is 0 Å². The van der Waals surface area contributed by atoms with E-state index in [1.54, 1.807) is 6.92 Å². The molecule has 14 heavy (non-hydrogen) atoms. The summed E-state index contributed by atoms with van der Waals surface area (Å²) in [6.07, 6.45) is 0.583. The molecule has 1 aromatic heterocycles. The van der Waals surface area contributed by atoms with Crippen molar-refractivity contribution in [2.24, 2.45) is 0 Å². The van der Waals surface area contributed by atoms with Crippen molar-refractivity contribution in [1.82, 2.24) is 4.98 Å². The van der Waals surface area contributed by atoms with Crippen LogP contribution in [0, 0.1) is 0 Å². The van der Waals surface area contributed by atoms with Gasteiger partial charge in [0, 0.05) is 0 Å². The van der Waals surface area contributed by atoms with Crippen LogP contribution in [0.5, 0.6) is 0 Å². The molecule has 0 aliphatic carbocycles. The highest BCUT2D eigenvalue weighted by Gasteiger charge is 2.26. The third kappa shape index (κ3) is 1.40. The molecule has 0 amide bonds. The topological polar surface area (TPSA) is 46.3 Å². The van der Waals surface area contributed by atoms with E-state index in [9.17, 15) is 5.11 Å². The Hall–Kier alpha value is -1.35. The molecule has 1 atom stereocenters. The normalized spacial score (nSPS) is 15.6. The Morgan fingerprint density at radius 1 is 1.43 bits per heavy atom. The Balaban J connectivity index is 2.55. The molecule has 0 aliphatic rings. The first-order valence-electron chi connectivity index (χ1n) is 4.72. The summed E-state index contributed by atoms with van der Waals surface area (Å²) in [6, 6.07) is 7.50. The van der Waals surface area contributed by atoms with Crippen LogP contribution in [0.4, 0.5) is 0 Å². The van der Waals surface area contributed by atoms with Gasteiger partial charge in [0.05, 0.1) is 0 Å². The van der Waals surface area contributed by atoms with Crippen LogP contribution in [0.15, 0.2) is 28.7 Å². The Bertz CT molecular complexity index is 412. The van der Waals surface area contributed by atoms with E-state index < -0.39 is 5.60 Å². The van der Waals surface area contributed by atoms with E-state index in [0.29, 0.717) is 12.3 Å². The number of para-hydroxylation sites is 2. The zero-order valence-corrected chi connectivity index (χ0v) is 8.32. The molecule has 1 aromatic carbocycles. The summed E-state index contributed by atoms with van der Waals surface area (Å²) in [7, 11) is 0. The highest BCUT2D eigenvalue weighted by atomic mass is 16.4. The lowest BCUT2D eigenvalue weighted by atomic mass is 10.0. The van der Waals surface area contributed by atoms with Crippen molar-refractivity contribution in [3.8, 4) is 0 Å². The van der Waals surface area contributed by atoms with Crippen LogP contribution in [-0.4, -0.2) is 10.1 Å². The van der Waals surface area contributed by atoms with Gasteiger partial charge in [0.25, 0.3) is 0 Å². The van der Waals surface area contributed by atoms with E-state index in [2.05, 4.69) is 4.98 Å². The zero-order valence-electron chi connectivity index (χ0n) is 8.32. The molecule has 1 N–H and O–H groups in total. The van der Waals surface area contributed by atoms with Crippen LogP contribution in [0.25, 0.3) is 11.1 Å². The molecule has 0 aliphatic heterocycles. The number of rotatable bonds is 2. The third-order valence-corrected chi connectivity index (χ3v) is 2.44. The molecule has 3 nitrogen and oxygen atoms in total. The largest absolute Gasteiger partial charge is 0.438 e. The predicted molar refractivity (Wildman–Crippen MR) is 53.9 cm³/mol. The maximum atomic E-state index is 9.94. The van der Waals surface area contributed by atoms with Gasteiger partial charge in [0.2, 0.25) is 5.89 Å². The lowest BCUT2D eigenvalue weighted by molar-refractivity contribution is 0.0263. The maximum absolute atomic E-state index is 9.94. The fourth-order valence-electron chi connectivity index (χ4n) is 1.25. The first-order chi connectivity index (χ1) is 6.63. The number of oxazole rings is 1. The molecule has 0 spiro atoms. The average molecular weight is 191 g/mol. The van der Waals surface area contributed by atoms with Crippen LogP contribution < -0.4 is 0 Å². The van der Waals surface area contributed by atoms with Crippen molar-refractivity contribution in [2.75, 3.05) is 0 Å². The number of benzene rings is 1. The number of fused-ring (bicyclic) bond motifs is 1. The van der Waals surface area contributed by atoms with Gasteiger partial charge in [-0.1, -0.05) is 19.1 Å². The molecule has 2 aromatic rings. The van der Waals surface area contributed by atoms with Gasteiger partial charge in [-0.3, -0.25) is 0 Å². The minimum absolute atomic E-state index is 0.390. The van der Waals surface area contributed by atoms with E-state index in [1.807, 2.05) is 31.2 Å². The Kier molecular flexibility index (Phi) is 2.04. The van der Waals surface area contributed by atoms with E-state index in [4.69, 9.17) is 4.42 Å². The minimum Gasteiger partial charge on any atom is -0.438 e. The number of aliphatic hydroxyl groups is 1. The SMILES string of the molecule is CCC(C)(O)c1nc2ccccc2o1. The second-order valence-corrected chi connectivity index (χ2v) is 3.61. The van der Waals surface area contributed by atoms with E-state index in [-0.39, 0.29) is 0 Å². The summed E-state index contributed by atoms with van der Waals surface area (Å²) in [4.78, 5) is 4.24. The quantitative estimate of drug-likeness (QED) is 0.793. The van der Waals surface area contributed by atoms with Crippen molar-refractivity contribution in [3.05, 3.63) is 30.2 Å². The average Bonchev–Trinajstić information content (AvgIpc) is 2.61. The minimum atomic E-state index is -0.973. The summed E-state index contributed by atoms with van der Waals surface area (Å²) < 4.78 is 5.46. The molecular weight excluding hydrogens is 178 g/mol. The summed E-state index contributed by atoms with van der Waals surface area (Å²) in [5.41, 5.74) is 0.534. The van der Waals surface area contributed by atoms with Crippen LogP contribution >= 0.6 is 0 Å². The Morgan fingerprint density at radius 2 is 2.14 bits per heavy atom. The van der Waals surface area contributed by atoms with Crippen molar-refractivity contribution in [2.45, 2.75) is 25.9 Å². The van der Waals surface area contributed by atoms with Crippen molar-refractivity contribution < 1.29 is 9.52 Å². The van der Waals surface area contributed by atoms with E-state index in [0.717, 1.165) is 11.1 Å². The van der Waals surface area contributed by atoms with Crippen molar-refractivity contribution in [3.63, 3.8) is 0 Å². The monoisotopic (exact) mass is 191 g/mol. The number of aromatic nitrogens is 1. The van der Waals surface area contributed by atoms with E-state index >= 15 is 0 Å². The molecule has 2 rings (SSSR count). The summed E-state index contributed by atoms with van der Waals surface area (Å²) >= 11 is 0. The predicted octanol–water partition coefficient (Wildman–Crippen LogP) is 2.45. The van der Waals surface area contributed by atoms with Crippen LogP contribution in [-0.2, 0) is 5.60 Å². The lowest BCUT2D eigenvalue weighted by Crippen LogP contribution is -2.19. The van der Waals surface area contributed by atoms with E-state index in [1.165, 1.54) is 0 Å². The fourth-order valence-corrected chi connectivity index (χ4v) is 1.25. The molecule has 0 fully saturated rings. The van der Waals surface area contributed by atoms with Gasteiger partial charge in [0.15, 0.2) is 5.58 Å². The number of nitrogens with zero attached hydrogens (tertiary/aromatic N) is 1. The molecule has 0 bridgehead atoms. The fraction of sp³-hybridized carbons (Fsp3) is 0.364. The summed E-state index contributed by atoms with van der Waals surface area (Å²) in [6.45, 7) is 3.60. The molecule has 0 saturated heterocycles. The molecule has 3 heteroatoms. The first-order valence-corrected chi connectivity index (χ1v) is 4.72. The first kappa shape index (κ1) is 9.21. The van der Waals surface area contributed by atoms with Crippen molar-refractivity contribution >= 4 is 11.1 Å². The second-order valence-electron chi connectivity index (χ2n) is 3.61. The lowest BCUT2D eigenvalue weighted by Gasteiger charge is -2.15. The van der Waals surface area contributed by atoms with Gasteiger partial charge >= 0.3 is 0 Å². The van der Waals surface area contributed by atoms with Crippen LogP contribution in [0.1, 0.15) is 26.2 Å². The third-order valence-electron chi connectivity index (χ3n) is 2.44. The Labute approximate surface area is 82.4 Å². The molecular formula is C11H13NO2. The maximum Gasteiger partial charge on any atom is 0.227 e. The molecule has 1 heterocycles. The van der Waals surface area contributed by atoms with Gasteiger partial charge in [-0.25, -0.2) is 4.98 Å². The second kappa shape index (κ2) is 3.10. The van der Waals surface area contributed by atoms with Crippen molar-refractivity contribution in [1.29, 1.82) is 0 Å². The molecule has 1 unspecified atom stereocenters. The van der Waals surface area contributed by atoms with Gasteiger partial charge in [-0.05, 0) is 25.5 Å². The standard InChI is InChI=1S/C11H13NO2/c1-3-11(2,13)10-12-8-6-4-5-7-9(8)14-10/h4-7,13H,3H2,1-2H3. The highest BCUT2D eigenvalue weighted by Crippen LogP contribution is 2.26.